The molecule has 11 nitrogen and oxygen atoms in total. The fraction of sp³-hybridized carbons (Fsp3) is 0.727. The number of carbonyl (C=O) groups is 2. The molecule has 0 aromatic rings. The van der Waals surface area contributed by atoms with Gasteiger partial charge < -0.3 is 45.1 Å². The summed E-state index contributed by atoms with van der Waals surface area (Å²) in [6.07, 6.45) is 60.1. The van der Waals surface area contributed by atoms with Gasteiger partial charge in [-0.15, -0.1) is 0 Å². The summed E-state index contributed by atoms with van der Waals surface area (Å²) in [6, 6.07) is -1.05. The molecule has 6 N–H and O–H groups in total. The number of aliphatic hydroxyl groups excluding tert-OH is 5. The second-order valence-electron chi connectivity index (χ2n) is 21.2. The molecular formula is C66H113NO10. The molecule has 1 heterocycles. The number of rotatable bonds is 51. The highest BCUT2D eigenvalue weighted by molar-refractivity contribution is 5.80. The number of carbonyl (C=O) groups excluding carboxylic acids is 2. The van der Waals surface area contributed by atoms with Crippen molar-refractivity contribution >= 4 is 11.9 Å². The standard InChI is InChI=1S/C66H113NO10/c1-4-7-10-13-16-19-22-25-27-29-30-31-33-36-39-42-45-48-51-54-61(71)77-64-63(73)62(72)60(55-68)76-66(64)75-56-57(58(69)52-49-46-43-40-37-34-24-21-18-15-12-9-6-3)67-65(74)59(70)53-50-47-44-41-38-35-32-28-26-23-20-17-14-11-8-5-2/h8,11,14,17,20,23,25-28,32,35,38,41,49,52,57-60,62-64,66,68-70,72-73H,4-7,9-10,12-13,15-16,18-19,21-22,24,29-31,33-34,36-37,39-40,42-48,50-51,53-56H2,1-3H3,(H,67,74)/b11-8-,17-14+,23-20+,27-25+,28-26-,35-32+,41-38+,52-49+. The van der Waals surface area contributed by atoms with Crippen molar-refractivity contribution in [3.05, 3.63) is 97.2 Å². The van der Waals surface area contributed by atoms with E-state index in [2.05, 4.69) is 44.3 Å². The van der Waals surface area contributed by atoms with Crippen molar-refractivity contribution in [2.75, 3.05) is 13.2 Å². The summed E-state index contributed by atoms with van der Waals surface area (Å²) in [4.78, 5) is 26.5. The van der Waals surface area contributed by atoms with Gasteiger partial charge in [0, 0.05) is 6.42 Å². The molecule has 1 fully saturated rings. The molecular weight excluding hydrogens is 967 g/mol. The Morgan fingerprint density at radius 2 is 0.948 bits per heavy atom. The molecule has 1 aliphatic heterocycles. The lowest BCUT2D eigenvalue weighted by Crippen LogP contribution is -2.61. The third kappa shape index (κ3) is 41.3. The first kappa shape index (κ1) is 71.6. The summed E-state index contributed by atoms with van der Waals surface area (Å²) in [5.74, 6) is -1.25. The van der Waals surface area contributed by atoms with E-state index in [9.17, 15) is 35.1 Å². The van der Waals surface area contributed by atoms with E-state index in [-0.39, 0.29) is 19.4 Å². The minimum Gasteiger partial charge on any atom is -0.454 e. The van der Waals surface area contributed by atoms with E-state index in [0.29, 0.717) is 12.8 Å². The molecule has 11 heteroatoms. The zero-order valence-corrected chi connectivity index (χ0v) is 48.8. The van der Waals surface area contributed by atoms with Crippen LogP contribution < -0.4 is 5.32 Å². The van der Waals surface area contributed by atoms with Crippen molar-refractivity contribution in [1.29, 1.82) is 0 Å². The molecule has 77 heavy (non-hydrogen) atoms. The number of hydrogen-bond acceptors (Lipinski definition) is 10. The first-order chi connectivity index (χ1) is 37.7. The van der Waals surface area contributed by atoms with Gasteiger partial charge in [0.2, 0.25) is 5.91 Å². The van der Waals surface area contributed by atoms with Crippen molar-refractivity contribution in [3.8, 4) is 0 Å². The fourth-order valence-electron chi connectivity index (χ4n) is 9.21. The van der Waals surface area contributed by atoms with E-state index >= 15 is 0 Å². The van der Waals surface area contributed by atoms with E-state index < -0.39 is 67.4 Å². The molecule has 1 amide bonds. The Balaban J connectivity index is 2.73. The molecule has 0 spiro atoms. The summed E-state index contributed by atoms with van der Waals surface area (Å²) < 4.78 is 17.6. The topological polar surface area (TPSA) is 175 Å². The lowest BCUT2D eigenvalue weighted by molar-refractivity contribution is -0.305. The summed E-state index contributed by atoms with van der Waals surface area (Å²) >= 11 is 0. The van der Waals surface area contributed by atoms with Crippen LogP contribution in [0, 0.1) is 0 Å². The molecule has 442 valence electrons. The van der Waals surface area contributed by atoms with Gasteiger partial charge >= 0.3 is 5.97 Å². The first-order valence-electron chi connectivity index (χ1n) is 31.1. The number of esters is 1. The average molecular weight is 1080 g/mol. The SMILES string of the molecule is CC\C=C/C=C/C=C/C=C\C=C\C=C\CCCCC(O)C(=O)NC(COC1OC(CO)C(O)C(O)C1OC(=O)CCCCCCCCCCC/C=C/CCCCCCCC)C(O)/C=C/CCCCCCCCCCCCC. The second kappa shape index (κ2) is 53.2. The van der Waals surface area contributed by atoms with Gasteiger partial charge in [0.1, 0.15) is 24.4 Å². The van der Waals surface area contributed by atoms with Crippen molar-refractivity contribution in [2.24, 2.45) is 0 Å². The highest BCUT2D eigenvalue weighted by atomic mass is 16.7. The Kier molecular flexibility index (Phi) is 49.5. The lowest BCUT2D eigenvalue weighted by Gasteiger charge is -2.41. The van der Waals surface area contributed by atoms with Crippen LogP contribution in [0.3, 0.4) is 0 Å². The Morgan fingerprint density at radius 3 is 1.44 bits per heavy atom. The summed E-state index contributed by atoms with van der Waals surface area (Å²) in [7, 11) is 0. The molecule has 8 unspecified atom stereocenters. The number of unbranched alkanes of at least 4 members (excludes halogenated alkanes) is 28. The largest absolute Gasteiger partial charge is 0.454 e. The maximum absolute atomic E-state index is 13.4. The highest BCUT2D eigenvalue weighted by Crippen LogP contribution is 2.26. The summed E-state index contributed by atoms with van der Waals surface area (Å²) in [5, 5.41) is 56.9. The van der Waals surface area contributed by atoms with Crippen LogP contribution in [0.2, 0.25) is 0 Å². The minimum atomic E-state index is -1.63. The van der Waals surface area contributed by atoms with Gasteiger partial charge in [-0.05, 0) is 70.6 Å². The highest BCUT2D eigenvalue weighted by Gasteiger charge is 2.47. The Labute approximate surface area is 469 Å². The third-order valence-corrected chi connectivity index (χ3v) is 14.1. The van der Waals surface area contributed by atoms with E-state index in [0.717, 1.165) is 64.2 Å². The average Bonchev–Trinajstić information content (AvgIpc) is 3.43. The molecule has 0 saturated carbocycles. The zero-order chi connectivity index (χ0) is 56.1. The van der Waals surface area contributed by atoms with Crippen molar-refractivity contribution in [1.82, 2.24) is 5.32 Å². The van der Waals surface area contributed by atoms with Gasteiger partial charge in [-0.25, -0.2) is 0 Å². The molecule has 0 radical (unpaired) electrons. The quantitative estimate of drug-likeness (QED) is 0.0149. The summed E-state index contributed by atoms with van der Waals surface area (Å²) in [6.45, 7) is 5.61. The number of aliphatic hydroxyl groups is 5. The number of hydrogen-bond donors (Lipinski definition) is 6. The monoisotopic (exact) mass is 1080 g/mol. The number of allylic oxidation sites excluding steroid dienone is 15. The molecule has 0 bridgehead atoms. The van der Waals surface area contributed by atoms with E-state index in [1.165, 1.54) is 135 Å². The van der Waals surface area contributed by atoms with Crippen molar-refractivity contribution < 1.29 is 49.3 Å². The van der Waals surface area contributed by atoms with E-state index in [1.807, 2.05) is 72.9 Å². The molecule has 0 aromatic heterocycles. The van der Waals surface area contributed by atoms with Gasteiger partial charge in [0.15, 0.2) is 12.4 Å². The maximum Gasteiger partial charge on any atom is 0.306 e. The van der Waals surface area contributed by atoms with E-state index in [4.69, 9.17) is 14.2 Å². The molecule has 0 aliphatic carbocycles. The fourth-order valence-corrected chi connectivity index (χ4v) is 9.21. The van der Waals surface area contributed by atoms with Gasteiger partial charge in [0.05, 0.1) is 25.4 Å². The van der Waals surface area contributed by atoms with Crippen LogP contribution >= 0.6 is 0 Å². The zero-order valence-electron chi connectivity index (χ0n) is 48.8. The Morgan fingerprint density at radius 1 is 0.519 bits per heavy atom. The maximum atomic E-state index is 13.4. The predicted octanol–water partition coefficient (Wildman–Crippen LogP) is 14.7. The van der Waals surface area contributed by atoms with Gasteiger partial charge in [-0.2, -0.15) is 0 Å². The molecule has 1 saturated heterocycles. The van der Waals surface area contributed by atoms with Crippen LogP contribution in [0.4, 0.5) is 0 Å². The summed E-state index contributed by atoms with van der Waals surface area (Å²) in [5.41, 5.74) is 0. The van der Waals surface area contributed by atoms with Gasteiger partial charge in [0.25, 0.3) is 0 Å². The molecule has 1 aliphatic rings. The second-order valence-corrected chi connectivity index (χ2v) is 21.2. The normalized spacial score (nSPS) is 19.7. The van der Waals surface area contributed by atoms with Crippen LogP contribution in [-0.2, 0) is 23.8 Å². The van der Waals surface area contributed by atoms with Crippen LogP contribution in [-0.4, -0.2) is 99.6 Å². The van der Waals surface area contributed by atoms with Crippen LogP contribution in [0.15, 0.2) is 97.2 Å². The molecule has 0 aromatic carbocycles. The van der Waals surface area contributed by atoms with E-state index in [1.54, 1.807) is 6.08 Å². The van der Waals surface area contributed by atoms with Gasteiger partial charge in [-0.1, -0.05) is 266 Å². The van der Waals surface area contributed by atoms with Crippen LogP contribution in [0.25, 0.3) is 0 Å². The van der Waals surface area contributed by atoms with Crippen molar-refractivity contribution in [2.45, 2.75) is 294 Å². The van der Waals surface area contributed by atoms with Crippen LogP contribution in [0.5, 0.6) is 0 Å². The Bertz CT molecular complexity index is 1620. The number of nitrogens with one attached hydrogen (secondary N) is 1. The lowest BCUT2D eigenvalue weighted by atomic mass is 9.99. The molecule has 8 atom stereocenters. The Hall–Kier alpha value is -3.42. The minimum absolute atomic E-state index is 0.111. The first-order valence-corrected chi connectivity index (χ1v) is 31.1. The smallest absolute Gasteiger partial charge is 0.306 e. The number of ether oxygens (including phenoxy) is 3. The third-order valence-electron chi connectivity index (χ3n) is 14.1. The molecule has 1 rings (SSSR count). The predicted molar refractivity (Wildman–Crippen MR) is 319 cm³/mol. The van der Waals surface area contributed by atoms with Crippen molar-refractivity contribution in [3.63, 3.8) is 0 Å². The van der Waals surface area contributed by atoms with Crippen LogP contribution in [0.1, 0.15) is 245 Å². The van der Waals surface area contributed by atoms with Gasteiger partial charge in [-0.3, -0.25) is 9.59 Å². The number of amides is 1.